The van der Waals surface area contributed by atoms with E-state index in [-0.39, 0.29) is 5.43 Å². The van der Waals surface area contributed by atoms with Gasteiger partial charge in [0.15, 0.2) is 5.43 Å². The number of para-hydroxylation sites is 1. The van der Waals surface area contributed by atoms with Crippen LogP contribution in [0.5, 0.6) is 5.75 Å². The monoisotopic (exact) mass is 437 g/mol. The summed E-state index contributed by atoms with van der Waals surface area (Å²) < 4.78 is 13.3. The Bertz CT molecular complexity index is 1200. The molecule has 6 nitrogen and oxygen atoms in total. The second kappa shape index (κ2) is 9.81. The zero-order chi connectivity index (χ0) is 21.6. The van der Waals surface area contributed by atoms with E-state index in [1.165, 1.54) is 0 Å². The number of imidazole rings is 1. The molecule has 0 aliphatic heterocycles. The van der Waals surface area contributed by atoms with Gasteiger partial charge in [-0.05, 0) is 30.7 Å². The lowest BCUT2D eigenvalue weighted by molar-refractivity contribution is 0.242. The fourth-order valence-electron chi connectivity index (χ4n) is 3.68. The van der Waals surface area contributed by atoms with Gasteiger partial charge in [-0.1, -0.05) is 29.8 Å². The molecule has 0 bridgehead atoms. The third kappa shape index (κ3) is 5.16. The Hall–Kier alpha value is -3.09. The molecule has 2 aromatic carbocycles. The van der Waals surface area contributed by atoms with E-state index in [1.54, 1.807) is 37.8 Å². The van der Waals surface area contributed by atoms with Crippen molar-refractivity contribution in [1.29, 1.82) is 0 Å². The Labute approximate surface area is 185 Å². The van der Waals surface area contributed by atoms with Gasteiger partial charge in [-0.2, -0.15) is 0 Å². The van der Waals surface area contributed by atoms with Crippen molar-refractivity contribution in [1.82, 2.24) is 14.5 Å². The highest BCUT2D eigenvalue weighted by Crippen LogP contribution is 2.21. The van der Waals surface area contributed by atoms with Crippen LogP contribution in [-0.4, -0.2) is 28.1 Å². The van der Waals surface area contributed by atoms with Gasteiger partial charge in [0, 0.05) is 54.7 Å². The topological polar surface area (TPSA) is 60.5 Å². The van der Waals surface area contributed by atoms with Crippen molar-refractivity contribution in [3.8, 4) is 5.75 Å². The molecule has 0 saturated carbocycles. The van der Waals surface area contributed by atoms with Gasteiger partial charge in [-0.15, -0.1) is 0 Å². The molecule has 0 radical (unpaired) electrons. The van der Waals surface area contributed by atoms with Gasteiger partial charge in [-0.3, -0.25) is 9.69 Å². The first-order valence-corrected chi connectivity index (χ1v) is 10.5. The van der Waals surface area contributed by atoms with Crippen LogP contribution in [0.15, 0.2) is 76.7 Å². The van der Waals surface area contributed by atoms with E-state index < -0.39 is 0 Å². The maximum atomic E-state index is 13.1. The van der Waals surface area contributed by atoms with Crippen molar-refractivity contribution in [3.05, 3.63) is 93.8 Å². The van der Waals surface area contributed by atoms with Crippen molar-refractivity contribution in [3.63, 3.8) is 0 Å². The summed E-state index contributed by atoms with van der Waals surface area (Å²) in [6.07, 6.45) is 8.01. The summed E-state index contributed by atoms with van der Waals surface area (Å²) in [5, 5.41) is 1.02. The van der Waals surface area contributed by atoms with Crippen LogP contribution < -0.4 is 10.2 Å². The van der Waals surface area contributed by atoms with Gasteiger partial charge in [-0.25, -0.2) is 4.98 Å². The zero-order valence-electron chi connectivity index (χ0n) is 17.3. The highest BCUT2D eigenvalue weighted by Gasteiger charge is 2.15. The predicted molar refractivity (Wildman–Crippen MR) is 121 cm³/mol. The Kier molecular flexibility index (Phi) is 6.70. The first-order valence-electron chi connectivity index (χ1n) is 10.1. The number of aryl methyl sites for hydroxylation is 1. The molecule has 2 aromatic heterocycles. The zero-order valence-corrected chi connectivity index (χ0v) is 18.1. The smallest absolute Gasteiger partial charge is 0.197 e. The van der Waals surface area contributed by atoms with Crippen molar-refractivity contribution in [2.45, 2.75) is 26.1 Å². The maximum Gasteiger partial charge on any atom is 0.197 e. The molecule has 4 aromatic rings. The highest BCUT2D eigenvalue weighted by molar-refractivity contribution is 6.31. The molecule has 0 unspecified atom stereocenters. The number of hydrogen-bond acceptors (Lipinski definition) is 5. The second-order valence-electron chi connectivity index (χ2n) is 7.41. The van der Waals surface area contributed by atoms with Crippen LogP contribution in [0.4, 0.5) is 0 Å². The summed E-state index contributed by atoms with van der Waals surface area (Å²) in [5.41, 5.74) is 2.16. The molecule has 4 rings (SSSR count). The van der Waals surface area contributed by atoms with E-state index in [0.717, 1.165) is 30.8 Å². The van der Waals surface area contributed by atoms with Crippen molar-refractivity contribution in [2.24, 2.45) is 0 Å². The van der Waals surface area contributed by atoms with Crippen LogP contribution in [-0.2, 0) is 19.6 Å². The van der Waals surface area contributed by atoms with Crippen LogP contribution in [0, 0.1) is 0 Å². The summed E-state index contributed by atoms with van der Waals surface area (Å²) in [5.74, 6) is 0.833. The molecule has 0 fully saturated rings. The summed E-state index contributed by atoms with van der Waals surface area (Å²) in [6.45, 7) is 2.77. The summed E-state index contributed by atoms with van der Waals surface area (Å²) in [7, 11) is 1.67. The molecule has 0 amide bonds. The lowest BCUT2D eigenvalue weighted by atomic mass is 10.1. The van der Waals surface area contributed by atoms with Gasteiger partial charge in [0.2, 0.25) is 0 Å². The van der Waals surface area contributed by atoms with E-state index in [2.05, 4.69) is 9.88 Å². The van der Waals surface area contributed by atoms with E-state index in [4.69, 9.17) is 20.8 Å². The Morgan fingerprint density at radius 1 is 1.16 bits per heavy atom. The molecule has 0 N–H and O–H groups in total. The van der Waals surface area contributed by atoms with Crippen molar-refractivity contribution < 1.29 is 9.15 Å². The minimum absolute atomic E-state index is 0.0524. The molecular formula is C24H24ClN3O3. The first kappa shape index (κ1) is 21.2. The number of nitrogens with zero attached hydrogens (tertiary/aromatic N) is 3. The van der Waals surface area contributed by atoms with E-state index >= 15 is 0 Å². The fraction of sp³-hybridized carbons (Fsp3) is 0.250. The minimum Gasteiger partial charge on any atom is -0.496 e. The van der Waals surface area contributed by atoms with Gasteiger partial charge in [0.05, 0.1) is 25.1 Å². The molecule has 31 heavy (non-hydrogen) atoms. The van der Waals surface area contributed by atoms with Crippen LogP contribution in [0.3, 0.4) is 0 Å². The minimum atomic E-state index is -0.0524. The van der Waals surface area contributed by atoms with Gasteiger partial charge >= 0.3 is 0 Å². The molecule has 2 heterocycles. The number of aromatic nitrogens is 2. The van der Waals surface area contributed by atoms with Gasteiger partial charge < -0.3 is 13.7 Å². The summed E-state index contributed by atoms with van der Waals surface area (Å²) in [6, 6.07) is 13.0. The SMILES string of the molecule is COc1ccccc1CN(CCCn1ccnc1)Cc1coc2ccc(Cl)cc2c1=O. The largest absolute Gasteiger partial charge is 0.496 e. The number of fused-ring (bicyclic) bond motifs is 1. The van der Waals surface area contributed by atoms with Crippen LogP contribution in [0.1, 0.15) is 17.5 Å². The number of halogens is 1. The Morgan fingerprint density at radius 2 is 2.00 bits per heavy atom. The molecule has 160 valence electrons. The molecule has 0 spiro atoms. The van der Waals surface area contributed by atoms with E-state index in [0.29, 0.717) is 34.6 Å². The molecular weight excluding hydrogens is 414 g/mol. The van der Waals surface area contributed by atoms with Gasteiger partial charge in [0.1, 0.15) is 11.3 Å². The third-order valence-corrected chi connectivity index (χ3v) is 5.47. The molecule has 0 atom stereocenters. The third-order valence-electron chi connectivity index (χ3n) is 5.24. The number of benzene rings is 2. The number of ether oxygens (including phenoxy) is 1. The quantitative estimate of drug-likeness (QED) is 0.378. The Balaban J connectivity index is 1.58. The van der Waals surface area contributed by atoms with Gasteiger partial charge in [0.25, 0.3) is 0 Å². The lowest BCUT2D eigenvalue weighted by Gasteiger charge is -2.23. The van der Waals surface area contributed by atoms with E-state index in [9.17, 15) is 4.79 Å². The molecule has 7 heteroatoms. The second-order valence-corrected chi connectivity index (χ2v) is 7.84. The van der Waals surface area contributed by atoms with Crippen LogP contribution in [0.25, 0.3) is 11.0 Å². The van der Waals surface area contributed by atoms with Crippen molar-refractivity contribution >= 4 is 22.6 Å². The summed E-state index contributed by atoms with van der Waals surface area (Å²) >= 11 is 6.09. The van der Waals surface area contributed by atoms with E-state index in [1.807, 2.05) is 41.4 Å². The van der Waals surface area contributed by atoms with Crippen molar-refractivity contribution in [2.75, 3.05) is 13.7 Å². The average Bonchev–Trinajstić information content (AvgIpc) is 3.30. The number of methoxy groups -OCH3 is 1. The lowest BCUT2D eigenvalue weighted by Crippen LogP contribution is -2.27. The van der Waals surface area contributed by atoms with Crippen LogP contribution >= 0.6 is 11.6 Å². The average molecular weight is 438 g/mol. The molecule has 0 saturated heterocycles. The number of hydrogen-bond donors (Lipinski definition) is 0. The first-order chi connectivity index (χ1) is 15.1. The Morgan fingerprint density at radius 3 is 2.81 bits per heavy atom. The predicted octanol–water partition coefficient (Wildman–Crippen LogP) is 4.74. The standard InChI is InChI=1S/C24H24ClN3O3/c1-30-22-6-3-2-5-18(22)14-28(11-4-10-27-12-9-26-17-27)15-19-16-31-23-8-7-20(25)13-21(23)24(19)29/h2-3,5-9,12-13,16-17H,4,10-11,14-15H2,1H3. The number of rotatable bonds is 9. The molecule has 0 aliphatic rings. The maximum absolute atomic E-state index is 13.1. The highest BCUT2D eigenvalue weighted by atomic mass is 35.5. The normalized spacial score (nSPS) is 11.3. The molecule has 0 aliphatic carbocycles. The fourth-order valence-corrected chi connectivity index (χ4v) is 3.85. The van der Waals surface area contributed by atoms with Crippen LogP contribution in [0.2, 0.25) is 5.02 Å². The summed E-state index contributed by atoms with van der Waals surface area (Å²) in [4.78, 5) is 19.4.